The van der Waals surface area contributed by atoms with E-state index in [0.717, 1.165) is 12.7 Å². The van der Waals surface area contributed by atoms with Crippen LogP contribution < -0.4 is 0 Å². The van der Waals surface area contributed by atoms with Crippen LogP contribution in [-0.2, 0) is 14.0 Å². The molecule has 0 bridgehead atoms. The average Bonchev–Trinajstić information content (AvgIpc) is 2.34. The first kappa shape index (κ1) is 20.2. The van der Waals surface area contributed by atoms with E-state index in [-0.39, 0.29) is 11.1 Å². The summed E-state index contributed by atoms with van der Waals surface area (Å²) in [5.41, 5.74) is -0.557. The Hall–Kier alpha value is -0.883. The van der Waals surface area contributed by atoms with Crippen LogP contribution in [0.2, 0.25) is 18.1 Å². The van der Waals surface area contributed by atoms with Gasteiger partial charge in [0.2, 0.25) is 0 Å². The van der Waals surface area contributed by atoms with Crippen molar-refractivity contribution in [2.75, 3.05) is 6.54 Å². The first-order chi connectivity index (χ1) is 10.3. The summed E-state index contributed by atoms with van der Waals surface area (Å²) in [6.45, 7) is 17.0. The maximum absolute atomic E-state index is 12.2. The number of amides is 1. The third-order valence-corrected chi connectivity index (χ3v) is 9.18. The Morgan fingerprint density at radius 1 is 1.17 bits per heavy atom. The summed E-state index contributed by atoms with van der Waals surface area (Å²) in [7, 11) is -1.87. The van der Waals surface area contributed by atoms with Crippen LogP contribution in [0.15, 0.2) is 0 Å². The Morgan fingerprint density at radius 2 is 1.74 bits per heavy atom. The fourth-order valence-corrected chi connectivity index (χ4v) is 3.74. The van der Waals surface area contributed by atoms with Crippen LogP contribution in [0.1, 0.15) is 54.4 Å². The number of hydrogen-bond donors (Lipinski definition) is 0. The molecule has 2 atom stereocenters. The quantitative estimate of drug-likeness (QED) is 0.574. The van der Waals surface area contributed by atoms with E-state index in [1.807, 2.05) is 20.8 Å². The van der Waals surface area contributed by atoms with Gasteiger partial charge in [-0.25, -0.2) is 4.79 Å². The molecule has 1 heterocycles. The van der Waals surface area contributed by atoms with Crippen molar-refractivity contribution in [2.45, 2.75) is 90.3 Å². The summed E-state index contributed by atoms with van der Waals surface area (Å²) in [4.78, 5) is 25.2. The lowest BCUT2D eigenvalue weighted by Gasteiger charge is -2.43. The molecule has 6 heteroatoms. The van der Waals surface area contributed by atoms with Gasteiger partial charge < -0.3 is 14.0 Å². The van der Waals surface area contributed by atoms with Gasteiger partial charge in [-0.05, 0) is 51.7 Å². The number of rotatable bonds is 3. The lowest BCUT2D eigenvalue weighted by molar-refractivity contribution is -0.115. The van der Waals surface area contributed by atoms with Crippen molar-refractivity contribution in [3.8, 4) is 0 Å². The van der Waals surface area contributed by atoms with Crippen LogP contribution in [0.4, 0.5) is 4.79 Å². The summed E-state index contributed by atoms with van der Waals surface area (Å²) in [5.74, 6) is 0. The van der Waals surface area contributed by atoms with Gasteiger partial charge in [0.05, 0.1) is 6.04 Å². The molecule has 0 spiro atoms. The van der Waals surface area contributed by atoms with Gasteiger partial charge in [-0.2, -0.15) is 0 Å². The standard InChI is InChI=1S/C17H33NO4Si/c1-16(2,3)21-15(20)18-10-9-14(11-13(18)12-19)22-23(7,8)17(4,5)6/h12-14H,9-11H2,1-8H3/t13-,14+/m0/s1. The summed E-state index contributed by atoms with van der Waals surface area (Å²) in [6.07, 6.45) is 1.75. The summed E-state index contributed by atoms with van der Waals surface area (Å²) in [5, 5.41) is 0.131. The molecular weight excluding hydrogens is 310 g/mol. The number of piperidine rings is 1. The molecule has 23 heavy (non-hydrogen) atoms. The Morgan fingerprint density at radius 3 is 2.17 bits per heavy atom. The van der Waals surface area contributed by atoms with Crippen LogP contribution in [0.5, 0.6) is 0 Å². The van der Waals surface area contributed by atoms with Crippen LogP contribution in [0.25, 0.3) is 0 Å². The third kappa shape index (κ3) is 5.60. The molecule has 0 aliphatic carbocycles. The minimum Gasteiger partial charge on any atom is -0.444 e. The largest absolute Gasteiger partial charge is 0.444 e. The molecule has 0 saturated carbocycles. The first-order valence-corrected chi connectivity index (χ1v) is 11.3. The topological polar surface area (TPSA) is 55.8 Å². The second-order valence-electron chi connectivity index (χ2n) is 8.90. The van der Waals surface area contributed by atoms with Crippen molar-refractivity contribution >= 4 is 20.7 Å². The van der Waals surface area contributed by atoms with E-state index >= 15 is 0 Å². The number of nitrogens with zero attached hydrogens (tertiary/aromatic N) is 1. The molecule has 5 nitrogen and oxygen atoms in total. The molecule has 1 aliphatic rings. The Balaban J connectivity index is 2.73. The second kappa shape index (κ2) is 6.93. The van der Waals surface area contributed by atoms with Crippen molar-refractivity contribution in [3.05, 3.63) is 0 Å². The van der Waals surface area contributed by atoms with E-state index in [2.05, 4.69) is 33.9 Å². The number of aldehydes is 1. The molecule has 1 rings (SSSR count). The van der Waals surface area contributed by atoms with E-state index in [1.165, 1.54) is 4.90 Å². The zero-order valence-corrected chi connectivity index (χ0v) is 16.9. The van der Waals surface area contributed by atoms with Gasteiger partial charge >= 0.3 is 6.09 Å². The van der Waals surface area contributed by atoms with Gasteiger partial charge in [0.25, 0.3) is 0 Å². The minimum atomic E-state index is -1.87. The summed E-state index contributed by atoms with van der Waals surface area (Å²) >= 11 is 0. The Labute approximate surface area is 141 Å². The Bertz CT molecular complexity index is 437. The molecule has 0 aromatic heterocycles. The SMILES string of the molecule is CC(C)(C)OC(=O)N1CC[C@@H](O[Si](C)(C)C(C)(C)C)C[C@H]1C=O. The highest BCUT2D eigenvalue weighted by Crippen LogP contribution is 2.38. The maximum Gasteiger partial charge on any atom is 0.410 e. The normalized spacial score (nSPS) is 23.6. The number of carbonyl (C=O) groups is 2. The van der Waals surface area contributed by atoms with E-state index < -0.39 is 26.1 Å². The van der Waals surface area contributed by atoms with Crippen molar-refractivity contribution in [2.24, 2.45) is 0 Å². The molecule has 0 radical (unpaired) electrons. The number of hydrogen-bond acceptors (Lipinski definition) is 4. The third-order valence-electron chi connectivity index (χ3n) is 4.65. The maximum atomic E-state index is 12.2. The number of ether oxygens (including phenoxy) is 1. The summed E-state index contributed by atoms with van der Waals surface area (Å²) < 4.78 is 11.8. The lowest BCUT2D eigenvalue weighted by Crippen LogP contribution is -2.53. The molecule has 0 N–H and O–H groups in total. The van der Waals surface area contributed by atoms with Gasteiger partial charge in [0.1, 0.15) is 11.9 Å². The van der Waals surface area contributed by atoms with Crippen molar-refractivity contribution in [1.29, 1.82) is 0 Å². The molecule has 1 fully saturated rings. The zero-order valence-electron chi connectivity index (χ0n) is 15.9. The highest BCUT2D eigenvalue weighted by molar-refractivity contribution is 6.74. The average molecular weight is 344 g/mol. The lowest BCUT2D eigenvalue weighted by atomic mass is 10.0. The highest BCUT2D eigenvalue weighted by Gasteiger charge is 2.42. The van der Waals surface area contributed by atoms with Gasteiger partial charge in [0, 0.05) is 12.6 Å². The van der Waals surface area contributed by atoms with Crippen LogP contribution >= 0.6 is 0 Å². The van der Waals surface area contributed by atoms with E-state index in [1.54, 1.807) is 0 Å². The fourth-order valence-electron chi connectivity index (χ4n) is 2.34. The molecule has 0 aromatic rings. The highest BCUT2D eigenvalue weighted by atomic mass is 28.4. The minimum absolute atomic E-state index is 0.0322. The van der Waals surface area contributed by atoms with Gasteiger partial charge in [-0.15, -0.1) is 0 Å². The summed E-state index contributed by atoms with van der Waals surface area (Å²) in [6, 6.07) is -0.464. The van der Waals surface area contributed by atoms with Crippen molar-refractivity contribution in [1.82, 2.24) is 4.90 Å². The molecule has 134 valence electrons. The van der Waals surface area contributed by atoms with Crippen molar-refractivity contribution < 1.29 is 18.8 Å². The first-order valence-electron chi connectivity index (χ1n) is 8.39. The van der Waals surface area contributed by atoms with Crippen LogP contribution in [-0.4, -0.2) is 49.9 Å². The molecular formula is C17H33NO4Si. The van der Waals surface area contributed by atoms with E-state index in [9.17, 15) is 9.59 Å². The monoisotopic (exact) mass is 343 g/mol. The smallest absolute Gasteiger partial charge is 0.410 e. The molecule has 1 saturated heterocycles. The molecule has 1 aliphatic heterocycles. The molecule has 0 aromatic carbocycles. The van der Waals surface area contributed by atoms with Crippen molar-refractivity contribution in [3.63, 3.8) is 0 Å². The zero-order chi connectivity index (χ0) is 18.1. The number of carbonyl (C=O) groups excluding carboxylic acids is 2. The van der Waals surface area contributed by atoms with Gasteiger partial charge in [-0.3, -0.25) is 4.90 Å². The number of likely N-dealkylation sites (tertiary alicyclic amines) is 1. The predicted octanol–water partition coefficient (Wildman–Crippen LogP) is 3.98. The van der Waals surface area contributed by atoms with Gasteiger partial charge in [-0.1, -0.05) is 20.8 Å². The van der Waals surface area contributed by atoms with E-state index in [4.69, 9.17) is 9.16 Å². The predicted molar refractivity (Wildman–Crippen MR) is 94.1 cm³/mol. The van der Waals surface area contributed by atoms with Gasteiger partial charge in [0.15, 0.2) is 8.32 Å². The van der Waals surface area contributed by atoms with E-state index in [0.29, 0.717) is 13.0 Å². The second-order valence-corrected chi connectivity index (χ2v) is 13.7. The molecule has 0 unspecified atom stereocenters. The fraction of sp³-hybridized carbons (Fsp3) is 0.882. The van der Waals surface area contributed by atoms with Crippen LogP contribution in [0.3, 0.4) is 0 Å². The Kier molecular flexibility index (Phi) is 6.07. The molecule has 1 amide bonds. The van der Waals surface area contributed by atoms with Crippen LogP contribution in [0, 0.1) is 0 Å².